The summed E-state index contributed by atoms with van der Waals surface area (Å²) in [5.41, 5.74) is 0. The number of aliphatic hydroxyl groups is 1. The number of carbonyl (C=O) groups is 1. The summed E-state index contributed by atoms with van der Waals surface area (Å²) in [6.45, 7) is 5.24. The molecule has 1 N–H and O–H groups in total. The van der Waals surface area contributed by atoms with Gasteiger partial charge in [-0.2, -0.15) is 0 Å². The SMILES string of the molecule is CCC(O)C1CCN(C(C)=O)CC1. The Labute approximate surface area is 79.7 Å². The van der Waals surface area contributed by atoms with Gasteiger partial charge < -0.3 is 10.0 Å². The van der Waals surface area contributed by atoms with E-state index in [1.54, 1.807) is 6.92 Å². The fourth-order valence-electron chi connectivity index (χ4n) is 1.93. The largest absolute Gasteiger partial charge is 0.393 e. The molecule has 1 saturated heterocycles. The molecule has 76 valence electrons. The van der Waals surface area contributed by atoms with Gasteiger partial charge in [0.2, 0.25) is 5.91 Å². The summed E-state index contributed by atoms with van der Waals surface area (Å²) in [4.78, 5) is 12.9. The molecule has 1 aliphatic heterocycles. The lowest BCUT2D eigenvalue weighted by Gasteiger charge is -2.33. The third-order valence-corrected chi connectivity index (χ3v) is 2.95. The monoisotopic (exact) mass is 185 g/mol. The van der Waals surface area contributed by atoms with Gasteiger partial charge in [-0.05, 0) is 25.2 Å². The van der Waals surface area contributed by atoms with Crippen LogP contribution in [0, 0.1) is 5.92 Å². The first kappa shape index (κ1) is 10.5. The van der Waals surface area contributed by atoms with Crippen molar-refractivity contribution in [2.45, 2.75) is 39.2 Å². The Morgan fingerprint density at radius 2 is 2.08 bits per heavy atom. The van der Waals surface area contributed by atoms with E-state index in [4.69, 9.17) is 0 Å². The van der Waals surface area contributed by atoms with Gasteiger partial charge in [-0.15, -0.1) is 0 Å². The number of rotatable bonds is 2. The maximum atomic E-state index is 11.0. The number of hydrogen-bond acceptors (Lipinski definition) is 2. The molecule has 3 heteroatoms. The highest BCUT2D eigenvalue weighted by molar-refractivity contribution is 5.73. The summed E-state index contributed by atoms with van der Waals surface area (Å²) in [7, 11) is 0. The number of likely N-dealkylation sites (tertiary alicyclic amines) is 1. The summed E-state index contributed by atoms with van der Waals surface area (Å²) in [5.74, 6) is 0.560. The van der Waals surface area contributed by atoms with E-state index >= 15 is 0 Å². The van der Waals surface area contributed by atoms with Gasteiger partial charge in [-0.3, -0.25) is 4.79 Å². The molecule has 0 aromatic heterocycles. The van der Waals surface area contributed by atoms with E-state index in [0.29, 0.717) is 5.92 Å². The standard InChI is InChI=1S/C10H19NO2/c1-3-10(13)9-4-6-11(7-5-9)8(2)12/h9-10,13H,3-7H2,1-2H3. The molecule has 0 spiro atoms. The molecule has 1 fully saturated rings. The van der Waals surface area contributed by atoms with Gasteiger partial charge in [0.05, 0.1) is 6.10 Å². The average Bonchev–Trinajstić information content (AvgIpc) is 2.17. The van der Waals surface area contributed by atoms with E-state index in [2.05, 4.69) is 0 Å². The second-order valence-electron chi connectivity index (χ2n) is 3.82. The predicted octanol–water partition coefficient (Wildman–Crippen LogP) is 1.02. The van der Waals surface area contributed by atoms with Crippen LogP contribution in [-0.4, -0.2) is 35.1 Å². The summed E-state index contributed by atoms with van der Waals surface area (Å²) >= 11 is 0. The molecule has 3 nitrogen and oxygen atoms in total. The quantitative estimate of drug-likeness (QED) is 0.697. The lowest BCUT2D eigenvalue weighted by molar-refractivity contribution is -0.130. The summed E-state index contributed by atoms with van der Waals surface area (Å²) in [6, 6.07) is 0. The van der Waals surface area contributed by atoms with Gasteiger partial charge in [-0.25, -0.2) is 0 Å². The molecular formula is C10H19NO2. The lowest BCUT2D eigenvalue weighted by atomic mass is 9.90. The van der Waals surface area contributed by atoms with E-state index in [1.807, 2.05) is 11.8 Å². The molecule has 0 aromatic carbocycles. The number of carbonyl (C=O) groups excluding carboxylic acids is 1. The molecule has 1 aliphatic rings. The molecule has 13 heavy (non-hydrogen) atoms. The van der Waals surface area contributed by atoms with Gasteiger partial charge in [-0.1, -0.05) is 6.92 Å². The Hall–Kier alpha value is -0.570. The lowest BCUT2D eigenvalue weighted by Crippen LogP contribution is -2.40. The van der Waals surface area contributed by atoms with E-state index < -0.39 is 0 Å². The maximum Gasteiger partial charge on any atom is 0.219 e. The summed E-state index contributed by atoms with van der Waals surface area (Å²) in [6.07, 6.45) is 2.56. The van der Waals surface area contributed by atoms with Crippen LogP contribution in [0.2, 0.25) is 0 Å². The van der Waals surface area contributed by atoms with Crippen LogP contribution < -0.4 is 0 Å². The normalized spacial score (nSPS) is 21.6. The van der Waals surface area contributed by atoms with Crippen molar-refractivity contribution in [2.24, 2.45) is 5.92 Å². The van der Waals surface area contributed by atoms with Crippen molar-refractivity contribution in [1.82, 2.24) is 4.90 Å². The molecule has 0 radical (unpaired) electrons. The third kappa shape index (κ3) is 2.69. The van der Waals surface area contributed by atoms with Gasteiger partial charge in [0.1, 0.15) is 0 Å². The Bertz CT molecular complexity index is 174. The van der Waals surface area contributed by atoms with Gasteiger partial charge in [0.25, 0.3) is 0 Å². The van der Waals surface area contributed by atoms with Crippen molar-refractivity contribution in [3.8, 4) is 0 Å². The minimum atomic E-state index is -0.172. The highest BCUT2D eigenvalue weighted by Crippen LogP contribution is 2.22. The molecule has 1 heterocycles. The summed E-state index contributed by atoms with van der Waals surface area (Å²) in [5, 5.41) is 9.60. The molecule has 1 rings (SSSR count). The average molecular weight is 185 g/mol. The van der Waals surface area contributed by atoms with Crippen LogP contribution in [0.5, 0.6) is 0 Å². The first-order valence-corrected chi connectivity index (χ1v) is 5.08. The van der Waals surface area contributed by atoms with E-state index in [9.17, 15) is 9.90 Å². The first-order valence-electron chi connectivity index (χ1n) is 5.08. The van der Waals surface area contributed by atoms with Crippen molar-refractivity contribution in [3.63, 3.8) is 0 Å². The Kier molecular flexibility index (Phi) is 3.72. The zero-order chi connectivity index (χ0) is 9.84. The third-order valence-electron chi connectivity index (χ3n) is 2.95. The zero-order valence-electron chi connectivity index (χ0n) is 8.49. The molecule has 0 aromatic rings. The fraction of sp³-hybridized carbons (Fsp3) is 0.900. The van der Waals surface area contributed by atoms with Crippen molar-refractivity contribution >= 4 is 5.91 Å². The maximum absolute atomic E-state index is 11.0. The molecule has 1 amide bonds. The fourth-order valence-corrected chi connectivity index (χ4v) is 1.93. The van der Waals surface area contributed by atoms with Crippen LogP contribution in [0.15, 0.2) is 0 Å². The molecule has 1 atom stereocenters. The van der Waals surface area contributed by atoms with Crippen LogP contribution in [0.1, 0.15) is 33.1 Å². The highest BCUT2D eigenvalue weighted by Gasteiger charge is 2.24. The van der Waals surface area contributed by atoms with Crippen LogP contribution in [0.3, 0.4) is 0 Å². The second-order valence-corrected chi connectivity index (χ2v) is 3.82. The van der Waals surface area contributed by atoms with Crippen molar-refractivity contribution in [1.29, 1.82) is 0 Å². The first-order chi connectivity index (χ1) is 6.15. The van der Waals surface area contributed by atoms with Gasteiger partial charge in [0, 0.05) is 20.0 Å². The molecule has 0 aliphatic carbocycles. The van der Waals surface area contributed by atoms with Gasteiger partial charge in [0.15, 0.2) is 0 Å². The van der Waals surface area contributed by atoms with Crippen molar-refractivity contribution in [3.05, 3.63) is 0 Å². The van der Waals surface area contributed by atoms with E-state index in [-0.39, 0.29) is 12.0 Å². The minimum absolute atomic E-state index is 0.157. The van der Waals surface area contributed by atoms with Crippen LogP contribution >= 0.6 is 0 Å². The summed E-state index contributed by atoms with van der Waals surface area (Å²) < 4.78 is 0. The Balaban J connectivity index is 2.34. The number of aliphatic hydroxyl groups excluding tert-OH is 1. The number of nitrogens with zero attached hydrogens (tertiary/aromatic N) is 1. The highest BCUT2D eigenvalue weighted by atomic mass is 16.3. The van der Waals surface area contributed by atoms with Crippen LogP contribution in [-0.2, 0) is 4.79 Å². The molecule has 1 unspecified atom stereocenters. The molecule has 0 bridgehead atoms. The number of amides is 1. The molecule has 0 saturated carbocycles. The van der Waals surface area contributed by atoms with Gasteiger partial charge >= 0.3 is 0 Å². The number of hydrogen-bond donors (Lipinski definition) is 1. The van der Waals surface area contributed by atoms with E-state index in [1.165, 1.54) is 0 Å². The molecular weight excluding hydrogens is 166 g/mol. The zero-order valence-corrected chi connectivity index (χ0v) is 8.49. The Morgan fingerprint density at radius 1 is 1.54 bits per heavy atom. The smallest absolute Gasteiger partial charge is 0.219 e. The van der Waals surface area contributed by atoms with Crippen LogP contribution in [0.4, 0.5) is 0 Å². The topological polar surface area (TPSA) is 40.5 Å². The minimum Gasteiger partial charge on any atom is -0.393 e. The van der Waals surface area contributed by atoms with Crippen molar-refractivity contribution < 1.29 is 9.90 Å². The van der Waals surface area contributed by atoms with Crippen LogP contribution in [0.25, 0.3) is 0 Å². The second kappa shape index (κ2) is 4.61. The predicted molar refractivity (Wildman–Crippen MR) is 51.3 cm³/mol. The van der Waals surface area contributed by atoms with E-state index in [0.717, 1.165) is 32.4 Å². The Morgan fingerprint density at radius 3 is 2.46 bits per heavy atom. The number of piperidine rings is 1. The van der Waals surface area contributed by atoms with Crippen molar-refractivity contribution in [2.75, 3.05) is 13.1 Å².